The fraction of sp³-hybridized carbons (Fsp3) is 0.0667. The Morgan fingerprint density at radius 3 is 2.24 bits per heavy atom. The van der Waals surface area contributed by atoms with Crippen LogP contribution in [0.3, 0.4) is 0 Å². The van der Waals surface area contributed by atoms with Crippen molar-refractivity contribution in [3.8, 4) is 22.8 Å². The summed E-state index contributed by atoms with van der Waals surface area (Å²) in [5.74, 6) is -0.942. The first-order valence-corrected chi connectivity index (χ1v) is 6.24. The highest BCUT2D eigenvalue weighted by molar-refractivity contribution is 5.62. The zero-order chi connectivity index (χ0) is 14.8. The van der Waals surface area contributed by atoms with Crippen molar-refractivity contribution >= 4 is 5.69 Å². The van der Waals surface area contributed by atoms with Gasteiger partial charge in [-0.2, -0.15) is 4.98 Å². The lowest BCUT2D eigenvalue weighted by molar-refractivity contribution is 0.432. The minimum atomic E-state index is -0.685. The number of halogens is 2. The molecule has 0 bridgehead atoms. The van der Waals surface area contributed by atoms with Gasteiger partial charge >= 0.3 is 0 Å². The van der Waals surface area contributed by atoms with E-state index in [1.54, 1.807) is 0 Å². The summed E-state index contributed by atoms with van der Waals surface area (Å²) in [6.07, 6.45) is 0. The fourth-order valence-electron chi connectivity index (χ4n) is 1.92. The molecule has 1 N–H and O–H groups in total. The molecular formula is C15H11F2N3O. The first-order valence-electron chi connectivity index (χ1n) is 6.24. The summed E-state index contributed by atoms with van der Waals surface area (Å²) < 4.78 is 31.5. The molecule has 6 heteroatoms. The molecule has 0 unspecified atom stereocenters. The number of rotatable bonds is 3. The molecule has 106 valence electrons. The first-order chi connectivity index (χ1) is 10.2. The van der Waals surface area contributed by atoms with E-state index in [0.717, 1.165) is 29.4 Å². The first kappa shape index (κ1) is 13.2. The largest absolute Gasteiger partial charge is 0.388 e. The molecule has 21 heavy (non-hydrogen) atoms. The fourth-order valence-corrected chi connectivity index (χ4v) is 1.92. The molecule has 3 rings (SSSR count). The van der Waals surface area contributed by atoms with Crippen LogP contribution in [-0.2, 0) is 0 Å². The van der Waals surface area contributed by atoms with Gasteiger partial charge in [0.15, 0.2) is 0 Å². The Kier molecular flexibility index (Phi) is 3.35. The van der Waals surface area contributed by atoms with E-state index >= 15 is 0 Å². The summed E-state index contributed by atoms with van der Waals surface area (Å²) in [6.45, 7) is 0. The molecule has 0 spiro atoms. The highest BCUT2D eigenvalue weighted by Crippen LogP contribution is 2.24. The predicted octanol–water partition coefficient (Wildman–Crippen LogP) is 3.72. The number of nitrogens with zero attached hydrogens (tertiary/aromatic N) is 2. The van der Waals surface area contributed by atoms with Gasteiger partial charge in [-0.3, -0.25) is 0 Å². The summed E-state index contributed by atoms with van der Waals surface area (Å²) in [4.78, 5) is 4.16. The van der Waals surface area contributed by atoms with E-state index < -0.39 is 11.6 Å². The van der Waals surface area contributed by atoms with Crippen molar-refractivity contribution in [1.82, 2.24) is 10.1 Å². The minimum Gasteiger partial charge on any atom is -0.388 e. The summed E-state index contributed by atoms with van der Waals surface area (Å²) in [5.41, 5.74) is 1.91. The van der Waals surface area contributed by atoms with Crippen molar-refractivity contribution in [2.45, 2.75) is 0 Å². The Balaban J connectivity index is 1.95. The van der Waals surface area contributed by atoms with Gasteiger partial charge in [0.1, 0.15) is 11.6 Å². The molecule has 0 aliphatic rings. The maximum Gasteiger partial charge on any atom is 0.258 e. The number of aromatic nitrogens is 2. The quantitative estimate of drug-likeness (QED) is 0.797. The third-order valence-electron chi connectivity index (χ3n) is 2.97. The minimum absolute atomic E-state index is 0.140. The van der Waals surface area contributed by atoms with E-state index in [1.807, 2.05) is 31.3 Å². The van der Waals surface area contributed by atoms with E-state index in [0.29, 0.717) is 0 Å². The van der Waals surface area contributed by atoms with Crippen LogP contribution in [0.4, 0.5) is 14.5 Å². The van der Waals surface area contributed by atoms with Crippen molar-refractivity contribution in [2.75, 3.05) is 12.4 Å². The molecule has 3 aromatic rings. The molecule has 0 aliphatic heterocycles. The Hall–Kier alpha value is -2.76. The second-order valence-corrected chi connectivity index (χ2v) is 4.41. The summed E-state index contributed by atoms with van der Waals surface area (Å²) in [7, 11) is 1.82. The Morgan fingerprint density at radius 1 is 0.952 bits per heavy atom. The number of hydrogen-bond donors (Lipinski definition) is 1. The summed E-state index contributed by atoms with van der Waals surface area (Å²) in [6, 6.07) is 10.5. The van der Waals surface area contributed by atoms with Crippen LogP contribution in [0, 0.1) is 11.6 Å². The molecule has 0 aliphatic carbocycles. The lowest BCUT2D eigenvalue weighted by atomic mass is 10.2. The molecule has 0 atom stereocenters. The van der Waals surface area contributed by atoms with Gasteiger partial charge in [-0.25, -0.2) is 8.78 Å². The lowest BCUT2D eigenvalue weighted by Crippen LogP contribution is -1.87. The van der Waals surface area contributed by atoms with Gasteiger partial charge in [-0.05, 0) is 36.4 Å². The second-order valence-electron chi connectivity index (χ2n) is 4.41. The van der Waals surface area contributed by atoms with Crippen molar-refractivity contribution in [2.24, 2.45) is 0 Å². The third kappa shape index (κ3) is 2.74. The molecular weight excluding hydrogens is 276 g/mol. The number of anilines is 1. The van der Waals surface area contributed by atoms with E-state index in [-0.39, 0.29) is 17.3 Å². The lowest BCUT2D eigenvalue weighted by Gasteiger charge is -1.99. The second kappa shape index (κ2) is 5.32. The molecule has 2 aromatic carbocycles. The highest BCUT2D eigenvalue weighted by Gasteiger charge is 2.12. The van der Waals surface area contributed by atoms with Gasteiger partial charge in [-0.1, -0.05) is 5.16 Å². The molecule has 1 aromatic heterocycles. The topological polar surface area (TPSA) is 51.0 Å². The summed E-state index contributed by atoms with van der Waals surface area (Å²) >= 11 is 0. The smallest absolute Gasteiger partial charge is 0.258 e. The van der Waals surface area contributed by atoms with E-state index in [2.05, 4.69) is 15.5 Å². The zero-order valence-corrected chi connectivity index (χ0v) is 11.1. The molecule has 1 heterocycles. The Labute approximate surface area is 119 Å². The van der Waals surface area contributed by atoms with Crippen LogP contribution in [-0.4, -0.2) is 17.2 Å². The van der Waals surface area contributed by atoms with Gasteiger partial charge in [-0.15, -0.1) is 0 Å². The average Bonchev–Trinajstić information content (AvgIpc) is 2.96. The van der Waals surface area contributed by atoms with Gasteiger partial charge < -0.3 is 9.84 Å². The zero-order valence-electron chi connectivity index (χ0n) is 11.1. The van der Waals surface area contributed by atoms with Crippen LogP contribution >= 0.6 is 0 Å². The third-order valence-corrected chi connectivity index (χ3v) is 2.97. The van der Waals surface area contributed by atoms with Crippen LogP contribution in [0.15, 0.2) is 47.0 Å². The van der Waals surface area contributed by atoms with Gasteiger partial charge in [0.2, 0.25) is 5.82 Å². The van der Waals surface area contributed by atoms with E-state index in [1.165, 1.54) is 0 Å². The van der Waals surface area contributed by atoms with Crippen LogP contribution < -0.4 is 5.32 Å². The predicted molar refractivity (Wildman–Crippen MR) is 74.6 cm³/mol. The van der Waals surface area contributed by atoms with Gasteiger partial charge in [0, 0.05) is 29.9 Å². The normalized spacial score (nSPS) is 10.6. The molecule has 0 saturated heterocycles. The molecule has 0 radical (unpaired) electrons. The number of nitrogens with one attached hydrogen (secondary N) is 1. The monoisotopic (exact) mass is 287 g/mol. The average molecular weight is 287 g/mol. The van der Waals surface area contributed by atoms with Crippen LogP contribution in [0.2, 0.25) is 0 Å². The van der Waals surface area contributed by atoms with E-state index in [9.17, 15) is 8.78 Å². The Bertz CT molecular complexity index is 749. The standard InChI is InChI=1S/C15H11F2N3O/c1-18-13-4-2-9(3-5-13)15-19-14(20-21-15)10-6-11(16)8-12(17)7-10/h2-8,18H,1H3. The summed E-state index contributed by atoms with van der Waals surface area (Å²) in [5, 5.41) is 6.75. The van der Waals surface area contributed by atoms with Crippen molar-refractivity contribution in [1.29, 1.82) is 0 Å². The Morgan fingerprint density at radius 2 is 1.62 bits per heavy atom. The number of benzene rings is 2. The maximum absolute atomic E-state index is 13.2. The van der Waals surface area contributed by atoms with Gasteiger partial charge in [0.05, 0.1) is 0 Å². The molecule has 0 saturated carbocycles. The molecule has 4 nitrogen and oxygen atoms in total. The van der Waals surface area contributed by atoms with Crippen LogP contribution in [0.1, 0.15) is 0 Å². The van der Waals surface area contributed by atoms with Gasteiger partial charge in [0.25, 0.3) is 5.89 Å². The number of hydrogen-bond acceptors (Lipinski definition) is 4. The van der Waals surface area contributed by atoms with Crippen molar-refractivity contribution in [3.05, 3.63) is 54.1 Å². The SMILES string of the molecule is CNc1ccc(-c2nc(-c3cc(F)cc(F)c3)no2)cc1. The van der Waals surface area contributed by atoms with Crippen molar-refractivity contribution in [3.63, 3.8) is 0 Å². The van der Waals surface area contributed by atoms with Crippen molar-refractivity contribution < 1.29 is 13.3 Å². The molecule has 0 fully saturated rings. The van der Waals surface area contributed by atoms with Crippen LogP contribution in [0.25, 0.3) is 22.8 Å². The highest BCUT2D eigenvalue weighted by atomic mass is 19.1. The van der Waals surface area contributed by atoms with E-state index in [4.69, 9.17) is 4.52 Å². The maximum atomic E-state index is 13.2. The molecule has 0 amide bonds. The van der Waals surface area contributed by atoms with Crippen LogP contribution in [0.5, 0.6) is 0 Å².